The Hall–Kier alpha value is -2.74. The van der Waals surface area contributed by atoms with E-state index >= 15 is 0 Å². The van der Waals surface area contributed by atoms with Crippen molar-refractivity contribution in [3.05, 3.63) is 96.1 Å². The zero-order chi connectivity index (χ0) is 18.5. The average Bonchev–Trinajstić information content (AvgIpc) is 2.70. The van der Waals surface area contributed by atoms with E-state index in [4.69, 9.17) is 0 Å². The Kier molecular flexibility index (Phi) is 10.4. The molecular weight excluding hydrogens is 296 g/mol. The van der Waals surface area contributed by atoms with Crippen molar-refractivity contribution in [3.8, 4) is 0 Å². The van der Waals surface area contributed by atoms with E-state index in [-0.39, 0.29) is 22.7 Å². The summed E-state index contributed by atoms with van der Waals surface area (Å²) in [7, 11) is 0. The van der Waals surface area contributed by atoms with E-state index in [0.29, 0.717) is 11.1 Å². The third-order valence-corrected chi connectivity index (χ3v) is 2.98. The molecule has 0 heterocycles. The minimum atomic E-state index is -0.278. The zero-order valence-corrected chi connectivity index (χ0v) is 15.0. The predicted molar refractivity (Wildman–Crippen MR) is 103 cm³/mol. The normalized spacial score (nSPS) is 8.67. The van der Waals surface area contributed by atoms with Crippen LogP contribution in [0.1, 0.15) is 48.4 Å². The largest absolute Gasteiger partial charge is 0.289 e. The van der Waals surface area contributed by atoms with Crippen LogP contribution in [0.5, 0.6) is 0 Å². The van der Waals surface area contributed by atoms with Crippen LogP contribution >= 0.6 is 0 Å². The summed E-state index contributed by atoms with van der Waals surface area (Å²) >= 11 is 0. The first-order valence-corrected chi connectivity index (χ1v) is 8.19. The van der Waals surface area contributed by atoms with Gasteiger partial charge < -0.3 is 0 Å². The van der Waals surface area contributed by atoms with Crippen molar-refractivity contribution in [1.29, 1.82) is 0 Å². The van der Waals surface area contributed by atoms with Crippen LogP contribution in [0.3, 0.4) is 0 Å². The van der Waals surface area contributed by atoms with E-state index in [2.05, 4.69) is 13.2 Å². The first-order valence-electron chi connectivity index (χ1n) is 8.19. The van der Waals surface area contributed by atoms with Crippen molar-refractivity contribution in [2.45, 2.75) is 27.7 Å². The highest BCUT2D eigenvalue weighted by Gasteiger charge is 2.19. The molecule has 0 aromatic heterocycles. The molecule has 2 aromatic rings. The summed E-state index contributed by atoms with van der Waals surface area (Å²) in [6.45, 7) is 15.4. The standard InChI is InChI=1S/C18H14O2.2C2H6/c1-13(17(19)15-9-5-3-6-10-15)14(2)18(20)16-11-7-4-8-12-16;2*1-2/h3-12H,1-2H2;2*1-2H3. The molecular formula is C22H26O2. The van der Waals surface area contributed by atoms with Gasteiger partial charge in [0.15, 0.2) is 11.6 Å². The number of hydrogen-bond donors (Lipinski definition) is 0. The highest BCUT2D eigenvalue weighted by atomic mass is 16.1. The molecule has 0 N–H and O–H groups in total. The van der Waals surface area contributed by atoms with Gasteiger partial charge in [0, 0.05) is 22.3 Å². The Labute approximate surface area is 145 Å². The number of ketones is 2. The second-order valence-electron chi connectivity index (χ2n) is 4.35. The van der Waals surface area contributed by atoms with Gasteiger partial charge >= 0.3 is 0 Å². The highest BCUT2D eigenvalue weighted by Crippen LogP contribution is 2.17. The molecule has 0 bridgehead atoms. The van der Waals surface area contributed by atoms with Gasteiger partial charge in [-0.25, -0.2) is 0 Å². The van der Waals surface area contributed by atoms with Crippen molar-refractivity contribution in [3.63, 3.8) is 0 Å². The molecule has 0 saturated heterocycles. The molecule has 2 rings (SSSR count). The van der Waals surface area contributed by atoms with Crippen molar-refractivity contribution in [2.24, 2.45) is 0 Å². The minimum absolute atomic E-state index is 0.130. The second kappa shape index (κ2) is 11.8. The summed E-state index contributed by atoms with van der Waals surface area (Å²) in [5.74, 6) is -0.556. The van der Waals surface area contributed by atoms with E-state index < -0.39 is 0 Å². The highest BCUT2D eigenvalue weighted by molar-refractivity contribution is 6.22. The zero-order valence-electron chi connectivity index (χ0n) is 15.0. The van der Waals surface area contributed by atoms with Crippen LogP contribution in [0.2, 0.25) is 0 Å². The fourth-order valence-corrected chi connectivity index (χ4v) is 1.80. The summed E-state index contributed by atoms with van der Waals surface area (Å²) in [4.78, 5) is 24.4. The van der Waals surface area contributed by atoms with E-state index in [9.17, 15) is 9.59 Å². The molecule has 126 valence electrons. The molecule has 24 heavy (non-hydrogen) atoms. The Morgan fingerprint density at radius 3 is 1.08 bits per heavy atom. The quantitative estimate of drug-likeness (QED) is 0.389. The maximum absolute atomic E-state index is 12.2. The lowest BCUT2D eigenvalue weighted by Gasteiger charge is -2.07. The van der Waals surface area contributed by atoms with Crippen molar-refractivity contribution in [2.75, 3.05) is 0 Å². The van der Waals surface area contributed by atoms with Crippen molar-refractivity contribution >= 4 is 11.6 Å². The van der Waals surface area contributed by atoms with Crippen molar-refractivity contribution < 1.29 is 9.59 Å². The molecule has 0 amide bonds. The molecule has 0 aliphatic carbocycles. The van der Waals surface area contributed by atoms with Gasteiger partial charge in [0.1, 0.15) is 0 Å². The monoisotopic (exact) mass is 322 g/mol. The molecule has 2 heteroatoms. The SMILES string of the molecule is C=C(C(=C)C(=O)c1ccccc1)C(=O)c1ccccc1.CC.CC. The molecule has 0 aliphatic heterocycles. The van der Waals surface area contributed by atoms with Gasteiger partial charge in [-0.15, -0.1) is 0 Å². The summed E-state index contributed by atoms with van der Waals surface area (Å²) < 4.78 is 0. The minimum Gasteiger partial charge on any atom is -0.289 e. The van der Waals surface area contributed by atoms with Crippen LogP contribution in [0.4, 0.5) is 0 Å². The first-order chi connectivity index (χ1) is 11.6. The summed E-state index contributed by atoms with van der Waals surface area (Å²) in [6.07, 6.45) is 0. The number of rotatable bonds is 5. The number of allylic oxidation sites excluding steroid dienone is 2. The molecule has 0 fully saturated rings. The maximum Gasteiger partial charge on any atom is 0.193 e. The lowest BCUT2D eigenvalue weighted by atomic mass is 9.93. The van der Waals surface area contributed by atoms with Crippen LogP contribution < -0.4 is 0 Å². The lowest BCUT2D eigenvalue weighted by molar-refractivity contribution is 0.0998. The van der Waals surface area contributed by atoms with E-state index in [0.717, 1.165) is 0 Å². The number of carbonyl (C=O) groups excluding carboxylic acids is 2. The van der Waals surface area contributed by atoms with Crippen LogP contribution in [0.25, 0.3) is 0 Å². The molecule has 2 aromatic carbocycles. The Balaban J connectivity index is 0.00000123. The van der Waals surface area contributed by atoms with Crippen LogP contribution in [-0.2, 0) is 0 Å². The van der Waals surface area contributed by atoms with E-state index in [1.54, 1.807) is 48.5 Å². The molecule has 0 atom stereocenters. The second-order valence-corrected chi connectivity index (χ2v) is 4.35. The topological polar surface area (TPSA) is 34.1 Å². The van der Waals surface area contributed by atoms with Gasteiger partial charge in [0.2, 0.25) is 0 Å². The summed E-state index contributed by atoms with van der Waals surface area (Å²) in [5, 5.41) is 0. The maximum atomic E-state index is 12.2. The molecule has 0 aliphatic rings. The van der Waals surface area contributed by atoms with Gasteiger partial charge in [-0.2, -0.15) is 0 Å². The Morgan fingerprint density at radius 1 is 0.583 bits per heavy atom. The predicted octanol–water partition coefficient (Wildman–Crippen LogP) is 5.92. The smallest absolute Gasteiger partial charge is 0.193 e. The fraction of sp³-hybridized carbons (Fsp3) is 0.182. The first kappa shape index (κ1) is 21.3. The molecule has 2 nitrogen and oxygen atoms in total. The molecule has 0 spiro atoms. The average molecular weight is 322 g/mol. The molecule has 0 radical (unpaired) electrons. The van der Waals surface area contributed by atoms with Crippen molar-refractivity contribution in [1.82, 2.24) is 0 Å². The van der Waals surface area contributed by atoms with Gasteiger partial charge in [0.05, 0.1) is 0 Å². The number of benzene rings is 2. The van der Waals surface area contributed by atoms with E-state index in [1.165, 1.54) is 0 Å². The number of hydrogen-bond acceptors (Lipinski definition) is 2. The number of carbonyl (C=O) groups is 2. The Morgan fingerprint density at radius 2 is 0.833 bits per heavy atom. The summed E-state index contributed by atoms with van der Waals surface area (Å²) in [5.41, 5.74) is 1.26. The number of Topliss-reactive ketones (excluding diaryl/α,β-unsaturated/α-hetero) is 2. The van der Waals surface area contributed by atoms with Crippen LogP contribution in [0, 0.1) is 0 Å². The van der Waals surface area contributed by atoms with Crippen LogP contribution in [0.15, 0.2) is 85.0 Å². The third kappa shape index (κ3) is 5.81. The Bertz CT molecular complexity index is 606. The molecule has 0 unspecified atom stereocenters. The fourth-order valence-electron chi connectivity index (χ4n) is 1.80. The van der Waals surface area contributed by atoms with Gasteiger partial charge in [-0.3, -0.25) is 9.59 Å². The van der Waals surface area contributed by atoms with E-state index in [1.807, 2.05) is 39.8 Å². The van der Waals surface area contributed by atoms with Gasteiger partial charge in [-0.1, -0.05) is 102 Å². The van der Waals surface area contributed by atoms with Crippen LogP contribution in [-0.4, -0.2) is 11.6 Å². The van der Waals surface area contributed by atoms with Gasteiger partial charge in [-0.05, 0) is 0 Å². The van der Waals surface area contributed by atoms with Gasteiger partial charge in [0.25, 0.3) is 0 Å². The molecule has 0 saturated carbocycles. The summed E-state index contributed by atoms with van der Waals surface area (Å²) in [6, 6.07) is 17.5. The third-order valence-electron chi connectivity index (χ3n) is 2.98. The lowest BCUT2D eigenvalue weighted by Crippen LogP contribution is -2.11.